The summed E-state index contributed by atoms with van der Waals surface area (Å²) in [6.07, 6.45) is 2.38. The molecule has 0 radical (unpaired) electrons. The van der Waals surface area contributed by atoms with Crippen molar-refractivity contribution >= 4 is 12.0 Å². The summed E-state index contributed by atoms with van der Waals surface area (Å²) in [4.78, 5) is 12.6. The Morgan fingerprint density at radius 1 is 1.52 bits per heavy atom. The SMILES string of the molecule is CC1(C)CN(Cc2ccc(C=CC(=O)O)cc2F)CCO1. The van der Waals surface area contributed by atoms with Gasteiger partial charge in [-0.2, -0.15) is 0 Å². The number of rotatable bonds is 4. The summed E-state index contributed by atoms with van der Waals surface area (Å²) in [7, 11) is 0. The van der Waals surface area contributed by atoms with Gasteiger partial charge >= 0.3 is 5.97 Å². The lowest BCUT2D eigenvalue weighted by Gasteiger charge is -2.38. The third-order valence-corrected chi connectivity index (χ3v) is 3.39. The van der Waals surface area contributed by atoms with Crippen LogP contribution in [-0.2, 0) is 16.1 Å². The summed E-state index contributed by atoms with van der Waals surface area (Å²) in [5, 5.41) is 8.57. The maximum Gasteiger partial charge on any atom is 0.328 e. The fourth-order valence-corrected chi connectivity index (χ4v) is 2.45. The minimum atomic E-state index is -1.05. The Balaban J connectivity index is 2.05. The van der Waals surface area contributed by atoms with Crippen molar-refractivity contribution in [1.82, 2.24) is 4.90 Å². The molecule has 0 saturated carbocycles. The van der Waals surface area contributed by atoms with Crippen molar-refractivity contribution in [2.75, 3.05) is 19.7 Å². The van der Waals surface area contributed by atoms with Crippen molar-refractivity contribution in [3.8, 4) is 0 Å². The van der Waals surface area contributed by atoms with Gasteiger partial charge in [0, 0.05) is 31.3 Å². The first-order valence-electron chi connectivity index (χ1n) is 6.91. The van der Waals surface area contributed by atoms with E-state index in [2.05, 4.69) is 4.90 Å². The second-order valence-electron chi connectivity index (χ2n) is 5.84. The molecule has 1 fully saturated rings. The quantitative estimate of drug-likeness (QED) is 0.867. The van der Waals surface area contributed by atoms with E-state index in [1.165, 1.54) is 12.1 Å². The molecule has 0 amide bonds. The molecule has 1 saturated heterocycles. The minimum absolute atomic E-state index is 0.209. The highest BCUT2D eigenvalue weighted by atomic mass is 19.1. The number of ether oxygens (including phenoxy) is 1. The highest BCUT2D eigenvalue weighted by Crippen LogP contribution is 2.20. The van der Waals surface area contributed by atoms with E-state index in [0.717, 1.165) is 19.2 Å². The van der Waals surface area contributed by atoms with Crippen LogP contribution < -0.4 is 0 Å². The number of carboxylic acids is 1. The van der Waals surface area contributed by atoms with Crippen molar-refractivity contribution in [1.29, 1.82) is 0 Å². The molecule has 114 valence electrons. The third kappa shape index (κ3) is 4.65. The lowest BCUT2D eigenvalue weighted by Crippen LogP contribution is -2.47. The molecule has 1 N–H and O–H groups in total. The molecule has 0 aromatic heterocycles. The molecule has 0 aliphatic carbocycles. The molecule has 5 heteroatoms. The Labute approximate surface area is 123 Å². The number of hydrogen-bond donors (Lipinski definition) is 1. The number of nitrogens with zero attached hydrogens (tertiary/aromatic N) is 1. The molecular formula is C16H20FNO3. The van der Waals surface area contributed by atoms with Crippen LogP contribution in [0.15, 0.2) is 24.3 Å². The fraction of sp³-hybridized carbons (Fsp3) is 0.438. The van der Waals surface area contributed by atoms with E-state index >= 15 is 0 Å². The van der Waals surface area contributed by atoms with Crippen LogP contribution in [0, 0.1) is 5.82 Å². The van der Waals surface area contributed by atoms with Gasteiger partial charge in [0.1, 0.15) is 5.82 Å². The summed E-state index contributed by atoms with van der Waals surface area (Å²) in [5.41, 5.74) is 0.944. The number of aliphatic carboxylic acids is 1. The predicted octanol–water partition coefficient (Wildman–Crippen LogP) is 2.53. The van der Waals surface area contributed by atoms with Gasteiger partial charge in [0.25, 0.3) is 0 Å². The molecule has 1 aliphatic heterocycles. The average molecular weight is 293 g/mol. The van der Waals surface area contributed by atoms with E-state index in [-0.39, 0.29) is 11.4 Å². The number of morpholine rings is 1. The van der Waals surface area contributed by atoms with Crippen molar-refractivity contribution in [3.05, 3.63) is 41.2 Å². The normalized spacial score (nSPS) is 19.0. The van der Waals surface area contributed by atoms with Gasteiger partial charge in [0.05, 0.1) is 12.2 Å². The van der Waals surface area contributed by atoms with Crippen molar-refractivity contribution < 1.29 is 19.0 Å². The van der Waals surface area contributed by atoms with Gasteiger partial charge in [-0.1, -0.05) is 12.1 Å². The van der Waals surface area contributed by atoms with Crippen LogP contribution in [0.1, 0.15) is 25.0 Å². The minimum Gasteiger partial charge on any atom is -0.478 e. The van der Waals surface area contributed by atoms with E-state index in [0.29, 0.717) is 24.3 Å². The summed E-state index contributed by atoms with van der Waals surface area (Å²) in [6.45, 7) is 6.76. The van der Waals surface area contributed by atoms with Gasteiger partial charge in [-0.15, -0.1) is 0 Å². The Hall–Kier alpha value is -1.72. The van der Waals surface area contributed by atoms with Gasteiger partial charge in [0.15, 0.2) is 0 Å². The largest absolute Gasteiger partial charge is 0.478 e. The van der Waals surface area contributed by atoms with Crippen LogP contribution in [0.4, 0.5) is 4.39 Å². The zero-order valence-corrected chi connectivity index (χ0v) is 12.3. The highest BCUT2D eigenvalue weighted by molar-refractivity contribution is 5.85. The van der Waals surface area contributed by atoms with Gasteiger partial charge < -0.3 is 9.84 Å². The van der Waals surface area contributed by atoms with Gasteiger partial charge in [0.2, 0.25) is 0 Å². The molecule has 21 heavy (non-hydrogen) atoms. The lowest BCUT2D eigenvalue weighted by molar-refractivity contribution is -0.131. The smallest absolute Gasteiger partial charge is 0.328 e. The molecule has 0 bridgehead atoms. The van der Waals surface area contributed by atoms with Crippen molar-refractivity contribution in [3.63, 3.8) is 0 Å². The third-order valence-electron chi connectivity index (χ3n) is 3.39. The van der Waals surface area contributed by atoms with Gasteiger partial charge in [-0.3, -0.25) is 4.90 Å². The van der Waals surface area contributed by atoms with Gasteiger partial charge in [-0.25, -0.2) is 9.18 Å². The molecular weight excluding hydrogens is 273 g/mol. The highest BCUT2D eigenvalue weighted by Gasteiger charge is 2.27. The Morgan fingerprint density at radius 3 is 2.90 bits per heavy atom. The molecule has 1 heterocycles. The first-order valence-corrected chi connectivity index (χ1v) is 6.91. The van der Waals surface area contributed by atoms with E-state index < -0.39 is 5.97 Å². The van der Waals surface area contributed by atoms with Gasteiger partial charge in [-0.05, 0) is 31.6 Å². The van der Waals surface area contributed by atoms with E-state index in [4.69, 9.17) is 9.84 Å². The summed E-state index contributed by atoms with van der Waals surface area (Å²) in [6, 6.07) is 4.79. The summed E-state index contributed by atoms with van der Waals surface area (Å²) >= 11 is 0. The zero-order valence-electron chi connectivity index (χ0n) is 12.3. The number of halogens is 1. The first-order chi connectivity index (χ1) is 9.85. The van der Waals surface area contributed by atoms with E-state index in [9.17, 15) is 9.18 Å². The van der Waals surface area contributed by atoms with Crippen LogP contribution in [0.2, 0.25) is 0 Å². The molecule has 0 unspecified atom stereocenters. The van der Waals surface area contributed by atoms with E-state index in [1.54, 1.807) is 12.1 Å². The number of hydrogen-bond acceptors (Lipinski definition) is 3. The van der Waals surface area contributed by atoms with Crippen LogP contribution >= 0.6 is 0 Å². The summed E-state index contributed by atoms with van der Waals surface area (Å²) < 4.78 is 19.7. The molecule has 0 atom stereocenters. The fourth-order valence-electron chi connectivity index (χ4n) is 2.45. The Kier molecular flexibility index (Phi) is 4.75. The maximum atomic E-state index is 14.1. The van der Waals surface area contributed by atoms with E-state index in [1.807, 2.05) is 13.8 Å². The molecule has 1 aromatic carbocycles. The maximum absolute atomic E-state index is 14.1. The molecule has 2 rings (SSSR count). The second kappa shape index (κ2) is 6.37. The van der Waals surface area contributed by atoms with Crippen LogP contribution in [-0.4, -0.2) is 41.3 Å². The predicted molar refractivity (Wildman–Crippen MR) is 78.4 cm³/mol. The zero-order chi connectivity index (χ0) is 15.5. The average Bonchev–Trinajstić information content (AvgIpc) is 2.38. The molecule has 1 aromatic rings. The Bertz CT molecular complexity index is 554. The monoisotopic (exact) mass is 293 g/mol. The van der Waals surface area contributed by atoms with Crippen LogP contribution in [0.3, 0.4) is 0 Å². The second-order valence-corrected chi connectivity index (χ2v) is 5.84. The topological polar surface area (TPSA) is 49.8 Å². The summed E-state index contributed by atoms with van der Waals surface area (Å²) in [5.74, 6) is -1.36. The van der Waals surface area contributed by atoms with Crippen molar-refractivity contribution in [2.24, 2.45) is 0 Å². The van der Waals surface area contributed by atoms with Crippen LogP contribution in [0.5, 0.6) is 0 Å². The number of carbonyl (C=O) groups is 1. The standard InChI is InChI=1S/C16H20FNO3/c1-16(2)11-18(7-8-21-16)10-13-5-3-12(9-14(13)17)4-6-15(19)20/h3-6,9H,7-8,10-11H2,1-2H3,(H,19,20). The number of carboxylic acid groups (broad SMARTS) is 1. The van der Waals surface area contributed by atoms with Crippen LogP contribution in [0.25, 0.3) is 6.08 Å². The molecule has 1 aliphatic rings. The molecule has 0 spiro atoms. The Morgan fingerprint density at radius 2 is 2.29 bits per heavy atom. The lowest BCUT2D eigenvalue weighted by atomic mass is 10.1. The molecule has 4 nitrogen and oxygen atoms in total. The number of benzene rings is 1. The van der Waals surface area contributed by atoms with Crippen molar-refractivity contribution in [2.45, 2.75) is 26.0 Å². The first kappa shape index (κ1) is 15.7.